The Morgan fingerprint density at radius 3 is 2.72 bits per heavy atom. The van der Waals surface area contributed by atoms with Crippen LogP contribution in [0.1, 0.15) is 30.0 Å². The van der Waals surface area contributed by atoms with Crippen molar-refractivity contribution >= 4 is 63.2 Å². The molecule has 0 unspecified atom stereocenters. The maximum absolute atomic E-state index is 12.5. The van der Waals surface area contributed by atoms with Crippen LogP contribution in [0.15, 0.2) is 42.1 Å². The molecule has 1 fully saturated rings. The molecule has 1 N–H and O–H groups in total. The number of carbonyl (C=O) groups is 2. The number of benzene rings is 2. The predicted molar refractivity (Wildman–Crippen MR) is 126 cm³/mol. The first-order chi connectivity index (χ1) is 13.9. The number of ether oxygens (including phenoxy) is 1. The molecule has 0 aliphatic carbocycles. The SMILES string of the molecule is CCCN1C(=O)N/C(=C/c2cc(I)cc(I)c2OCc2ccccc2C#N)C1=O. The number of carbonyl (C=O) groups excluding carboxylic acids is 2. The number of nitrogens with one attached hydrogen (secondary N) is 1. The molecule has 1 aliphatic rings. The first kappa shape index (κ1) is 21.6. The highest BCUT2D eigenvalue weighted by molar-refractivity contribution is 14.1. The summed E-state index contributed by atoms with van der Waals surface area (Å²) >= 11 is 4.38. The molecule has 1 heterocycles. The number of hydrogen-bond acceptors (Lipinski definition) is 4. The molecule has 0 saturated carbocycles. The first-order valence-corrected chi connectivity index (χ1v) is 11.0. The fourth-order valence-electron chi connectivity index (χ4n) is 2.90. The largest absolute Gasteiger partial charge is 0.487 e. The highest BCUT2D eigenvalue weighted by Gasteiger charge is 2.33. The summed E-state index contributed by atoms with van der Waals surface area (Å²) in [6, 6.07) is 12.9. The highest BCUT2D eigenvalue weighted by atomic mass is 127. The third-order valence-corrected chi connectivity index (χ3v) is 5.68. The van der Waals surface area contributed by atoms with E-state index in [1.807, 2.05) is 37.3 Å². The lowest BCUT2D eigenvalue weighted by atomic mass is 10.1. The van der Waals surface area contributed by atoms with Crippen LogP contribution >= 0.6 is 45.2 Å². The van der Waals surface area contributed by atoms with Crippen LogP contribution < -0.4 is 10.1 Å². The monoisotopic (exact) mass is 613 g/mol. The maximum Gasteiger partial charge on any atom is 0.329 e. The number of hydrogen-bond donors (Lipinski definition) is 1. The topological polar surface area (TPSA) is 82.4 Å². The Morgan fingerprint density at radius 1 is 1.24 bits per heavy atom. The summed E-state index contributed by atoms with van der Waals surface area (Å²) in [6.07, 6.45) is 2.34. The Balaban J connectivity index is 1.93. The minimum atomic E-state index is -0.408. The number of nitrogens with zero attached hydrogens (tertiary/aromatic N) is 2. The molecule has 1 aliphatic heterocycles. The van der Waals surface area contributed by atoms with Crippen molar-refractivity contribution in [3.05, 3.63) is 65.9 Å². The smallest absolute Gasteiger partial charge is 0.329 e. The van der Waals surface area contributed by atoms with Crippen LogP contribution in [-0.4, -0.2) is 23.4 Å². The molecule has 0 aromatic heterocycles. The second-order valence-corrected chi connectivity index (χ2v) is 8.72. The quantitative estimate of drug-likeness (QED) is 0.293. The van der Waals surface area contributed by atoms with Gasteiger partial charge in [0.15, 0.2) is 0 Å². The zero-order valence-corrected chi connectivity index (χ0v) is 19.9. The van der Waals surface area contributed by atoms with Crippen LogP contribution in [0.2, 0.25) is 0 Å². The van der Waals surface area contributed by atoms with Gasteiger partial charge in [-0.3, -0.25) is 9.69 Å². The summed E-state index contributed by atoms with van der Waals surface area (Å²) < 4.78 is 7.90. The Morgan fingerprint density at radius 2 is 2.00 bits per heavy atom. The first-order valence-electron chi connectivity index (χ1n) is 8.89. The third kappa shape index (κ3) is 4.90. The molecule has 0 atom stereocenters. The summed E-state index contributed by atoms with van der Waals surface area (Å²) in [7, 11) is 0. The molecule has 29 heavy (non-hydrogen) atoms. The Kier molecular flexibility index (Phi) is 7.13. The van der Waals surface area contributed by atoms with Gasteiger partial charge in [0, 0.05) is 21.2 Å². The Bertz CT molecular complexity index is 1040. The van der Waals surface area contributed by atoms with E-state index in [0.717, 1.165) is 12.7 Å². The molecule has 2 aromatic rings. The minimum Gasteiger partial charge on any atom is -0.487 e. The van der Waals surface area contributed by atoms with Crippen LogP contribution in [0.5, 0.6) is 5.75 Å². The van der Waals surface area contributed by atoms with Gasteiger partial charge in [0.25, 0.3) is 5.91 Å². The number of halogens is 2. The van der Waals surface area contributed by atoms with Gasteiger partial charge in [-0.25, -0.2) is 4.79 Å². The minimum absolute atomic E-state index is 0.221. The van der Waals surface area contributed by atoms with E-state index in [4.69, 9.17) is 4.74 Å². The molecular weight excluding hydrogens is 596 g/mol. The van der Waals surface area contributed by atoms with Crippen molar-refractivity contribution in [3.63, 3.8) is 0 Å². The zero-order valence-electron chi connectivity index (χ0n) is 15.5. The lowest BCUT2D eigenvalue weighted by molar-refractivity contribution is -0.122. The number of rotatable bonds is 6. The summed E-state index contributed by atoms with van der Waals surface area (Å²) in [5.74, 6) is 0.258. The van der Waals surface area contributed by atoms with Crippen molar-refractivity contribution in [2.24, 2.45) is 0 Å². The highest BCUT2D eigenvalue weighted by Crippen LogP contribution is 2.31. The predicted octanol–water partition coefficient (Wildman–Crippen LogP) is 4.65. The summed E-state index contributed by atoms with van der Waals surface area (Å²) in [5.41, 5.74) is 2.25. The third-order valence-electron chi connectivity index (χ3n) is 4.26. The normalized spacial score (nSPS) is 14.8. The number of amides is 3. The van der Waals surface area contributed by atoms with E-state index in [9.17, 15) is 14.9 Å². The molecule has 0 spiro atoms. The Hall–Kier alpha value is -2.13. The lowest BCUT2D eigenvalue weighted by Crippen LogP contribution is -2.31. The van der Waals surface area contributed by atoms with Gasteiger partial charge >= 0.3 is 6.03 Å². The molecule has 3 rings (SSSR count). The van der Waals surface area contributed by atoms with E-state index in [0.29, 0.717) is 29.8 Å². The van der Waals surface area contributed by atoms with Gasteiger partial charge in [0.1, 0.15) is 18.1 Å². The number of imide groups is 1. The van der Waals surface area contributed by atoms with Crippen LogP contribution in [0.3, 0.4) is 0 Å². The van der Waals surface area contributed by atoms with Gasteiger partial charge in [0.05, 0.1) is 15.2 Å². The average Bonchev–Trinajstić information content (AvgIpc) is 2.95. The van der Waals surface area contributed by atoms with Crippen LogP contribution in [0, 0.1) is 18.5 Å². The van der Waals surface area contributed by atoms with Crippen molar-refractivity contribution < 1.29 is 14.3 Å². The number of urea groups is 1. The van der Waals surface area contributed by atoms with E-state index in [-0.39, 0.29) is 18.2 Å². The Labute approximate surface area is 196 Å². The van der Waals surface area contributed by atoms with E-state index in [2.05, 4.69) is 56.6 Å². The fourth-order valence-corrected chi connectivity index (χ4v) is 4.94. The summed E-state index contributed by atoms with van der Waals surface area (Å²) in [6.45, 7) is 2.51. The molecule has 1 saturated heterocycles. The van der Waals surface area contributed by atoms with Crippen LogP contribution in [-0.2, 0) is 11.4 Å². The molecule has 8 heteroatoms. The van der Waals surface area contributed by atoms with Crippen molar-refractivity contribution in [1.29, 1.82) is 5.26 Å². The van der Waals surface area contributed by atoms with Crippen molar-refractivity contribution in [3.8, 4) is 11.8 Å². The second kappa shape index (κ2) is 9.58. The second-order valence-electron chi connectivity index (χ2n) is 6.31. The fraction of sp³-hybridized carbons (Fsp3) is 0.190. The zero-order chi connectivity index (χ0) is 21.0. The van der Waals surface area contributed by atoms with Crippen molar-refractivity contribution in [1.82, 2.24) is 10.2 Å². The average molecular weight is 613 g/mol. The van der Waals surface area contributed by atoms with E-state index in [1.165, 1.54) is 4.90 Å². The number of nitriles is 1. The summed E-state index contributed by atoms with van der Waals surface area (Å²) in [4.78, 5) is 25.8. The van der Waals surface area contributed by atoms with Crippen LogP contribution in [0.25, 0.3) is 6.08 Å². The van der Waals surface area contributed by atoms with Crippen molar-refractivity contribution in [2.45, 2.75) is 20.0 Å². The maximum atomic E-state index is 12.5. The van der Waals surface area contributed by atoms with E-state index < -0.39 is 6.03 Å². The molecule has 2 aromatic carbocycles. The van der Waals surface area contributed by atoms with Gasteiger partial charge in [-0.1, -0.05) is 25.1 Å². The van der Waals surface area contributed by atoms with Gasteiger partial charge in [-0.15, -0.1) is 0 Å². The van der Waals surface area contributed by atoms with E-state index in [1.54, 1.807) is 12.1 Å². The van der Waals surface area contributed by atoms with Gasteiger partial charge in [-0.05, 0) is 75.9 Å². The molecule has 0 bridgehead atoms. The van der Waals surface area contributed by atoms with Gasteiger partial charge in [0.2, 0.25) is 0 Å². The molecular formula is C21H17I2N3O3. The van der Waals surface area contributed by atoms with Gasteiger partial charge in [-0.2, -0.15) is 5.26 Å². The lowest BCUT2D eigenvalue weighted by Gasteiger charge is -2.13. The molecule has 148 valence electrons. The summed E-state index contributed by atoms with van der Waals surface area (Å²) in [5, 5.41) is 11.9. The molecule has 0 radical (unpaired) electrons. The molecule has 6 nitrogen and oxygen atoms in total. The van der Waals surface area contributed by atoms with E-state index >= 15 is 0 Å². The van der Waals surface area contributed by atoms with Crippen LogP contribution in [0.4, 0.5) is 4.79 Å². The molecule has 3 amide bonds. The van der Waals surface area contributed by atoms with Gasteiger partial charge < -0.3 is 10.1 Å². The standard InChI is InChI=1S/C21H17I2N3O3/c1-2-7-26-20(27)18(25-21(26)28)9-15-8-16(22)10-17(23)19(15)29-12-14-6-4-3-5-13(14)11-24/h3-6,8-10H,2,7,12H2,1H3,(H,25,28)/b18-9+. The van der Waals surface area contributed by atoms with Crippen molar-refractivity contribution in [2.75, 3.05) is 6.54 Å².